The number of hydrogen-bond acceptors (Lipinski definition) is 6. The van der Waals surface area contributed by atoms with E-state index in [4.69, 9.17) is 0 Å². The molecule has 0 nitrogen and oxygen atoms in total. The molecular formula is C48H51F3S6. The second-order valence-electron chi connectivity index (χ2n) is 14.5. The van der Waals surface area contributed by atoms with E-state index in [2.05, 4.69) is 93.6 Å². The van der Waals surface area contributed by atoms with Crippen molar-refractivity contribution in [3.63, 3.8) is 0 Å². The Kier molecular flexibility index (Phi) is 14.8. The third kappa shape index (κ3) is 10.5. The van der Waals surface area contributed by atoms with E-state index in [0.717, 1.165) is 106 Å². The predicted molar refractivity (Wildman–Crippen MR) is 257 cm³/mol. The largest absolute Gasteiger partial charge is 0.227 e. The van der Waals surface area contributed by atoms with Crippen LogP contribution in [0, 0.1) is 0 Å². The van der Waals surface area contributed by atoms with Crippen LogP contribution in [0.2, 0.25) is 0 Å². The topological polar surface area (TPSA) is 0 Å². The quantitative estimate of drug-likeness (QED) is 0.162. The van der Waals surface area contributed by atoms with Crippen molar-refractivity contribution in [2.24, 2.45) is 0 Å². The van der Waals surface area contributed by atoms with Crippen molar-refractivity contribution in [2.75, 3.05) is 34.5 Å². The first-order chi connectivity index (χ1) is 27.6. The molecule has 0 N–H and O–H groups in total. The zero-order valence-electron chi connectivity index (χ0n) is 33.0. The number of halogens is 3. The lowest BCUT2D eigenvalue weighted by atomic mass is 10.0. The minimum atomic E-state index is -1.25. The molecule has 0 unspecified atom stereocenters. The monoisotopic (exact) mass is 876 g/mol. The fourth-order valence-corrected chi connectivity index (χ4v) is 15.2. The van der Waals surface area contributed by atoms with E-state index in [0.29, 0.717) is 0 Å². The van der Waals surface area contributed by atoms with E-state index in [1.807, 2.05) is 36.4 Å². The molecule has 57 heavy (non-hydrogen) atoms. The molecular weight excluding hydrogens is 826 g/mol. The summed E-state index contributed by atoms with van der Waals surface area (Å²) in [4.78, 5) is 0. The van der Waals surface area contributed by atoms with Crippen molar-refractivity contribution >= 4 is 103 Å². The van der Waals surface area contributed by atoms with Crippen LogP contribution in [0.4, 0.5) is 13.2 Å². The molecule has 3 heterocycles. The van der Waals surface area contributed by atoms with E-state index in [1.54, 1.807) is 0 Å². The second kappa shape index (κ2) is 19.6. The van der Waals surface area contributed by atoms with Gasteiger partial charge in [-0.1, -0.05) is 112 Å². The third-order valence-corrected chi connectivity index (χ3v) is 19.3. The van der Waals surface area contributed by atoms with Crippen LogP contribution in [-0.4, -0.2) is 34.5 Å². The van der Waals surface area contributed by atoms with Crippen LogP contribution in [0.1, 0.15) is 73.4 Å². The first kappa shape index (κ1) is 43.1. The molecule has 9 heteroatoms. The van der Waals surface area contributed by atoms with Crippen molar-refractivity contribution in [1.29, 1.82) is 0 Å². The highest BCUT2D eigenvalue weighted by molar-refractivity contribution is 8.18. The van der Waals surface area contributed by atoms with Crippen LogP contribution >= 0.6 is 70.6 Å². The highest BCUT2D eigenvalue weighted by Gasteiger charge is 2.37. The van der Waals surface area contributed by atoms with Crippen molar-refractivity contribution in [3.8, 4) is 0 Å². The van der Waals surface area contributed by atoms with Crippen LogP contribution in [0.5, 0.6) is 0 Å². The lowest BCUT2D eigenvalue weighted by molar-refractivity contribution is 0.422. The van der Waals surface area contributed by atoms with Gasteiger partial charge in [0.05, 0.1) is 0 Å². The van der Waals surface area contributed by atoms with Gasteiger partial charge in [-0.25, -0.2) is 13.2 Å². The number of alkyl halides is 3. The molecule has 0 aromatic heterocycles. The molecule has 0 amide bonds. The maximum Gasteiger partial charge on any atom is 0.227 e. The van der Waals surface area contributed by atoms with Crippen LogP contribution in [0.3, 0.4) is 0 Å². The van der Waals surface area contributed by atoms with E-state index in [1.165, 1.54) is 103 Å². The van der Waals surface area contributed by atoms with Gasteiger partial charge in [0.1, 0.15) is 0 Å². The highest BCUT2D eigenvalue weighted by atomic mass is 32.2. The van der Waals surface area contributed by atoms with Gasteiger partial charge < -0.3 is 0 Å². The molecule has 0 radical (unpaired) electrons. The average molecular weight is 877 g/mol. The minimum absolute atomic E-state index is 0.805. The number of thioether (sulfide) groups is 6. The predicted octanol–water partition coefficient (Wildman–Crippen LogP) is 16.1. The van der Waals surface area contributed by atoms with Gasteiger partial charge in [0.2, 0.25) is 13.0 Å². The molecule has 300 valence electrons. The summed E-state index contributed by atoms with van der Waals surface area (Å²) in [5, 5.41) is 7.03. The molecule has 0 aliphatic carbocycles. The first-order valence-electron chi connectivity index (χ1n) is 20.1. The Morgan fingerprint density at radius 1 is 0.351 bits per heavy atom. The molecule has 3 aliphatic rings. The molecule has 3 saturated heterocycles. The standard InChI is InChI=1S/3C16H17FS2/c3*1-2-12-4-5-14-11-15(7-6-13(14)10-12)16(17)18-8-3-9-19-16/h3*4-7,10-11H,2-3,8-9H2,1H3. The molecule has 9 rings (SSSR count). The SMILES string of the molecule is CCc1ccc2cc(C3(F)SCCCS3)ccc2c1.CCc1ccc2cc(C3(F)SCCCS3)ccc2c1.CCc1ccc2cc(C3(F)SCCCS3)ccc2c1. The van der Waals surface area contributed by atoms with Gasteiger partial charge in [0.25, 0.3) is 0 Å². The summed E-state index contributed by atoms with van der Waals surface area (Å²) < 4.78 is 41.0. The zero-order chi connectivity index (χ0) is 39.9. The molecule has 3 aliphatic heterocycles. The lowest BCUT2D eigenvalue weighted by Gasteiger charge is -2.28. The lowest BCUT2D eigenvalue weighted by Crippen LogP contribution is -2.16. The molecule has 0 saturated carbocycles. The van der Waals surface area contributed by atoms with E-state index in [9.17, 15) is 13.2 Å². The minimum Gasteiger partial charge on any atom is -0.214 e. The average Bonchev–Trinajstić information content (AvgIpc) is 3.26. The molecule has 6 aromatic rings. The Balaban J connectivity index is 0.000000131. The van der Waals surface area contributed by atoms with Crippen molar-refractivity contribution in [2.45, 2.75) is 72.3 Å². The van der Waals surface area contributed by atoms with Crippen molar-refractivity contribution in [3.05, 3.63) is 143 Å². The molecule has 6 aromatic carbocycles. The molecule has 0 spiro atoms. The summed E-state index contributed by atoms with van der Waals surface area (Å²) in [6, 6.07) is 37.4. The summed E-state index contributed by atoms with van der Waals surface area (Å²) >= 11 is 8.59. The smallest absolute Gasteiger partial charge is 0.214 e. The summed E-state index contributed by atoms with van der Waals surface area (Å²) in [5.41, 5.74) is 6.40. The van der Waals surface area contributed by atoms with Gasteiger partial charge >= 0.3 is 0 Å². The van der Waals surface area contributed by atoms with Crippen molar-refractivity contribution in [1.82, 2.24) is 0 Å². The first-order valence-corrected chi connectivity index (χ1v) is 26.0. The Labute approximate surface area is 362 Å². The molecule has 0 bridgehead atoms. The van der Waals surface area contributed by atoms with Crippen LogP contribution in [0.15, 0.2) is 109 Å². The Morgan fingerprint density at radius 3 is 0.825 bits per heavy atom. The van der Waals surface area contributed by atoms with Gasteiger partial charge in [-0.05, 0) is 140 Å². The number of rotatable bonds is 6. The van der Waals surface area contributed by atoms with Gasteiger partial charge in [-0.2, -0.15) is 0 Å². The number of benzene rings is 6. The fraction of sp³-hybridized carbons (Fsp3) is 0.375. The molecule has 0 atom stereocenters. The normalized spacial score (nSPS) is 18.6. The van der Waals surface area contributed by atoms with Gasteiger partial charge in [-0.3, -0.25) is 0 Å². The summed E-state index contributed by atoms with van der Waals surface area (Å²) in [7, 11) is 0. The third-order valence-electron chi connectivity index (χ3n) is 10.6. The van der Waals surface area contributed by atoms with Gasteiger partial charge in [-0.15, -0.1) is 70.6 Å². The Hall–Kier alpha value is -2.01. The van der Waals surface area contributed by atoms with Gasteiger partial charge in [0.15, 0.2) is 0 Å². The summed E-state index contributed by atoms with van der Waals surface area (Å²) in [6.45, 7) is 6.46. The van der Waals surface area contributed by atoms with Crippen LogP contribution < -0.4 is 0 Å². The number of hydrogen-bond donors (Lipinski definition) is 0. The van der Waals surface area contributed by atoms with E-state index < -0.39 is 13.0 Å². The van der Waals surface area contributed by atoms with Crippen molar-refractivity contribution < 1.29 is 13.2 Å². The highest BCUT2D eigenvalue weighted by Crippen LogP contribution is 2.54. The van der Waals surface area contributed by atoms with E-state index in [-0.39, 0.29) is 0 Å². The second-order valence-corrected chi connectivity index (χ2v) is 22.8. The fourth-order valence-electron chi connectivity index (χ4n) is 7.13. The van der Waals surface area contributed by atoms with Crippen LogP contribution in [0.25, 0.3) is 32.3 Å². The summed E-state index contributed by atoms with van der Waals surface area (Å²) in [5.74, 6) is 5.48. The maximum absolute atomic E-state index is 14.9. The maximum atomic E-state index is 14.9. The van der Waals surface area contributed by atoms with E-state index >= 15 is 0 Å². The number of aryl methyl sites for hydroxylation is 3. The zero-order valence-corrected chi connectivity index (χ0v) is 37.9. The summed E-state index contributed by atoms with van der Waals surface area (Å²) in [6.07, 6.45) is 6.43. The number of fused-ring (bicyclic) bond motifs is 3. The molecule has 3 fully saturated rings. The van der Waals surface area contributed by atoms with Gasteiger partial charge in [0, 0.05) is 16.7 Å². The Bertz CT molecular complexity index is 2020. The van der Waals surface area contributed by atoms with Crippen LogP contribution in [-0.2, 0) is 32.3 Å². The Morgan fingerprint density at radius 2 is 0.579 bits per heavy atom.